The maximum atomic E-state index is 6.81. The fourth-order valence-electron chi connectivity index (χ4n) is 8.43. The molecule has 0 amide bonds. The zero-order valence-corrected chi connectivity index (χ0v) is 32.8. The SMILES string of the molecule is c1ccc(N(c2cc(N(c3ccccc3)c3ccccc3)c3c(c2)oc2ccccc23)c2cc(N(c3ccccc3)c3ccccc3)c3c(c2)sc2ccccc23)cc1. The topological polar surface area (TPSA) is 22.9 Å². The lowest BCUT2D eigenvalue weighted by Crippen LogP contribution is -2.15. The lowest BCUT2D eigenvalue weighted by molar-refractivity contribution is 0.669. The summed E-state index contributed by atoms with van der Waals surface area (Å²) in [6.07, 6.45) is 0. The second-order valence-electron chi connectivity index (χ2n) is 14.6. The van der Waals surface area contributed by atoms with Crippen LogP contribution < -0.4 is 14.7 Å². The minimum Gasteiger partial charge on any atom is -0.456 e. The average Bonchev–Trinajstić information content (AvgIpc) is 3.87. The highest BCUT2D eigenvalue weighted by molar-refractivity contribution is 7.26. The minimum atomic E-state index is 0.815. The van der Waals surface area contributed by atoms with Crippen LogP contribution in [-0.2, 0) is 0 Å². The smallest absolute Gasteiger partial charge is 0.139 e. The predicted molar refractivity (Wildman–Crippen MR) is 251 cm³/mol. The lowest BCUT2D eigenvalue weighted by Gasteiger charge is -2.31. The van der Waals surface area contributed by atoms with Crippen molar-refractivity contribution in [3.63, 3.8) is 0 Å². The van der Waals surface area contributed by atoms with Crippen molar-refractivity contribution in [3.8, 4) is 0 Å². The first-order valence-electron chi connectivity index (χ1n) is 19.8. The molecule has 280 valence electrons. The van der Waals surface area contributed by atoms with Crippen LogP contribution in [0.25, 0.3) is 42.1 Å². The molecule has 2 heterocycles. The molecule has 0 aliphatic heterocycles. The summed E-state index contributed by atoms with van der Waals surface area (Å²) < 4.78 is 9.26. The molecule has 0 fully saturated rings. The lowest BCUT2D eigenvalue weighted by atomic mass is 10.0. The van der Waals surface area contributed by atoms with Gasteiger partial charge in [0, 0.05) is 65.7 Å². The summed E-state index contributed by atoms with van der Waals surface area (Å²) in [4.78, 5) is 7.13. The molecular formula is C54H37N3OS. The summed E-state index contributed by atoms with van der Waals surface area (Å²) in [5.74, 6) is 0. The molecule has 11 aromatic rings. The highest BCUT2D eigenvalue weighted by Gasteiger charge is 2.26. The molecule has 0 aliphatic rings. The summed E-state index contributed by atoms with van der Waals surface area (Å²) in [6, 6.07) is 79.7. The van der Waals surface area contributed by atoms with Gasteiger partial charge in [-0.05, 0) is 91.0 Å². The summed E-state index contributed by atoms with van der Waals surface area (Å²) >= 11 is 1.83. The van der Waals surface area contributed by atoms with Gasteiger partial charge in [-0.2, -0.15) is 0 Å². The zero-order valence-electron chi connectivity index (χ0n) is 32.0. The van der Waals surface area contributed by atoms with E-state index < -0.39 is 0 Å². The number of para-hydroxylation sites is 6. The summed E-state index contributed by atoms with van der Waals surface area (Å²) in [6.45, 7) is 0. The van der Waals surface area contributed by atoms with E-state index in [4.69, 9.17) is 4.42 Å². The van der Waals surface area contributed by atoms with Crippen LogP contribution in [0.2, 0.25) is 0 Å². The maximum Gasteiger partial charge on any atom is 0.139 e. The molecule has 0 atom stereocenters. The molecule has 0 unspecified atom stereocenters. The fourth-order valence-corrected chi connectivity index (χ4v) is 9.59. The van der Waals surface area contributed by atoms with Gasteiger partial charge in [-0.3, -0.25) is 0 Å². The number of nitrogens with zero attached hydrogens (tertiary/aromatic N) is 3. The van der Waals surface area contributed by atoms with Crippen LogP contribution in [0.5, 0.6) is 0 Å². The molecule has 4 nitrogen and oxygen atoms in total. The predicted octanol–water partition coefficient (Wildman–Crippen LogP) is 16.4. The van der Waals surface area contributed by atoms with E-state index >= 15 is 0 Å². The van der Waals surface area contributed by atoms with Gasteiger partial charge in [-0.25, -0.2) is 0 Å². The zero-order chi connectivity index (χ0) is 39.1. The quantitative estimate of drug-likeness (QED) is 0.146. The summed E-state index contributed by atoms with van der Waals surface area (Å²) in [5.41, 5.74) is 11.1. The molecule has 0 aliphatic carbocycles. The normalized spacial score (nSPS) is 11.4. The monoisotopic (exact) mass is 775 g/mol. The summed E-state index contributed by atoms with van der Waals surface area (Å²) in [5, 5.41) is 4.60. The van der Waals surface area contributed by atoms with Gasteiger partial charge in [0.25, 0.3) is 0 Å². The van der Waals surface area contributed by atoms with Crippen LogP contribution in [0.15, 0.2) is 229 Å². The van der Waals surface area contributed by atoms with Gasteiger partial charge >= 0.3 is 0 Å². The van der Waals surface area contributed by atoms with Crippen LogP contribution in [0, 0.1) is 0 Å². The van der Waals surface area contributed by atoms with Crippen molar-refractivity contribution < 1.29 is 4.42 Å². The van der Waals surface area contributed by atoms with Crippen molar-refractivity contribution >= 4 is 105 Å². The van der Waals surface area contributed by atoms with Crippen molar-refractivity contribution in [1.29, 1.82) is 0 Å². The first-order valence-corrected chi connectivity index (χ1v) is 20.7. The third-order valence-corrected chi connectivity index (χ3v) is 12.1. The van der Waals surface area contributed by atoms with Crippen LogP contribution in [0.1, 0.15) is 0 Å². The minimum absolute atomic E-state index is 0.815. The van der Waals surface area contributed by atoms with Gasteiger partial charge in [0.2, 0.25) is 0 Å². The maximum absolute atomic E-state index is 6.81. The standard InChI is InChI=1S/C54H37N3OS/c1-6-20-38(21-7-1)55(43-34-47(53-45-30-16-18-32-49(45)58-50(53)36-43)56(39-22-8-2-9-23-39)40-24-10-3-11-25-40)44-35-48(54-46-31-17-19-33-51(46)59-52(54)37-44)57(41-26-12-4-13-27-41)42-28-14-5-15-29-42/h1-37H. The molecule has 0 spiro atoms. The Balaban J connectivity index is 1.23. The van der Waals surface area contributed by atoms with E-state index in [1.54, 1.807) is 0 Å². The molecule has 11 rings (SSSR count). The van der Waals surface area contributed by atoms with E-state index in [2.05, 4.69) is 233 Å². The van der Waals surface area contributed by atoms with E-state index in [0.29, 0.717) is 0 Å². The Morgan fingerprint density at radius 3 is 1.22 bits per heavy atom. The third-order valence-electron chi connectivity index (χ3n) is 11.0. The number of thiophene rings is 1. The Bertz CT molecular complexity index is 2940. The van der Waals surface area contributed by atoms with Crippen molar-refractivity contribution in [3.05, 3.63) is 224 Å². The number of hydrogen-bond acceptors (Lipinski definition) is 5. The van der Waals surface area contributed by atoms with Crippen molar-refractivity contribution in [2.45, 2.75) is 0 Å². The number of anilines is 9. The van der Waals surface area contributed by atoms with Crippen molar-refractivity contribution in [1.82, 2.24) is 0 Å². The van der Waals surface area contributed by atoms with Gasteiger partial charge in [-0.1, -0.05) is 127 Å². The molecule has 0 radical (unpaired) electrons. The van der Waals surface area contributed by atoms with E-state index in [0.717, 1.165) is 73.1 Å². The molecule has 0 saturated heterocycles. The highest BCUT2D eigenvalue weighted by atomic mass is 32.1. The van der Waals surface area contributed by atoms with Gasteiger partial charge in [0.05, 0.1) is 22.4 Å². The van der Waals surface area contributed by atoms with Crippen LogP contribution in [-0.4, -0.2) is 0 Å². The average molecular weight is 776 g/mol. The number of hydrogen-bond donors (Lipinski definition) is 0. The molecule has 2 aromatic heterocycles. The highest BCUT2D eigenvalue weighted by Crippen LogP contribution is 2.51. The number of furan rings is 1. The Morgan fingerprint density at radius 2 is 0.695 bits per heavy atom. The van der Waals surface area contributed by atoms with E-state index in [-0.39, 0.29) is 0 Å². The van der Waals surface area contributed by atoms with Crippen molar-refractivity contribution in [2.75, 3.05) is 14.7 Å². The van der Waals surface area contributed by atoms with Crippen LogP contribution in [0.4, 0.5) is 51.2 Å². The molecule has 9 aromatic carbocycles. The second-order valence-corrected chi connectivity index (χ2v) is 15.6. The fraction of sp³-hybridized carbons (Fsp3) is 0. The Hall–Kier alpha value is -7.60. The first-order chi connectivity index (χ1) is 29.3. The molecule has 0 bridgehead atoms. The molecule has 59 heavy (non-hydrogen) atoms. The van der Waals surface area contributed by atoms with Crippen LogP contribution in [0.3, 0.4) is 0 Å². The molecular weight excluding hydrogens is 739 g/mol. The van der Waals surface area contributed by atoms with Gasteiger partial charge in [-0.15, -0.1) is 11.3 Å². The Kier molecular flexibility index (Phi) is 8.64. The third kappa shape index (κ3) is 6.16. The Labute approximate surface area is 346 Å². The number of rotatable bonds is 9. The second kappa shape index (κ2) is 14.7. The molecule has 0 N–H and O–H groups in total. The van der Waals surface area contributed by atoms with Gasteiger partial charge in [0.15, 0.2) is 0 Å². The van der Waals surface area contributed by atoms with E-state index in [9.17, 15) is 0 Å². The van der Waals surface area contributed by atoms with E-state index in [1.165, 1.54) is 20.2 Å². The van der Waals surface area contributed by atoms with Gasteiger partial charge in [0.1, 0.15) is 11.2 Å². The van der Waals surface area contributed by atoms with Gasteiger partial charge < -0.3 is 19.1 Å². The van der Waals surface area contributed by atoms with Crippen molar-refractivity contribution in [2.24, 2.45) is 0 Å². The first kappa shape index (κ1) is 34.6. The molecule has 5 heteroatoms. The largest absolute Gasteiger partial charge is 0.456 e. The van der Waals surface area contributed by atoms with Crippen LogP contribution >= 0.6 is 11.3 Å². The molecule has 0 saturated carbocycles. The summed E-state index contributed by atoms with van der Waals surface area (Å²) in [7, 11) is 0. The Morgan fingerprint density at radius 1 is 0.288 bits per heavy atom. The number of benzene rings is 9. The van der Waals surface area contributed by atoms with E-state index in [1.807, 2.05) is 17.4 Å². The number of fused-ring (bicyclic) bond motifs is 6.